The van der Waals surface area contributed by atoms with E-state index >= 15 is 0 Å². The Morgan fingerprint density at radius 2 is 2.33 bits per heavy atom. The molecular weight excluding hydrogens is 190 g/mol. The minimum atomic E-state index is 0.719. The summed E-state index contributed by atoms with van der Waals surface area (Å²) >= 11 is 0. The van der Waals surface area contributed by atoms with E-state index in [2.05, 4.69) is 32.4 Å². The van der Waals surface area contributed by atoms with Gasteiger partial charge in [0.25, 0.3) is 0 Å². The van der Waals surface area contributed by atoms with Crippen LogP contribution in [0.5, 0.6) is 0 Å². The lowest BCUT2D eigenvalue weighted by molar-refractivity contribution is 0.987. The summed E-state index contributed by atoms with van der Waals surface area (Å²) in [6, 6.07) is 1.96. The first-order valence-corrected chi connectivity index (χ1v) is 4.91. The molecule has 2 heterocycles. The van der Waals surface area contributed by atoms with Crippen LogP contribution in [-0.2, 0) is 13.0 Å². The Hall–Kier alpha value is -1.91. The Balaban J connectivity index is 1.98. The van der Waals surface area contributed by atoms with Crippen LogP contribution in [-0.4, -0.2) is 20.2 Å². The molecule has 0 unspecified atom stereocenters. The van der Waals surface area contributed by atoms with E-state index in [-0.39, 0.29) is 0 Å². The second kappa shape index (κ2) is 4.54. The molecule has 0 aliphatic heterocycles. The largest absolute Gasteiger partial charge is 0.366 e. The van der Waals surface area contributed by atoms with Gasteiger partial charge in [-0.25, -0.2) is 9.97 Å². The summed E-state index contributed by atoms with van der Waals surface area (Å²) in [6.45, 7) is 2.79. The second-order valence-corrected chi connectivity index (χ2v) is 3.21. The van der Waals surface area contributed by atoms with E-state index in [9.17, 15) is 0 Å². The molecule has 0 saturated carbocycles. The second-order valence-electron chi connectivity index (χ2n) is 3.21. The Labute approximate surface area is 88.0 Å². The van der Waals surface area contributed by atoms with Gasteiger partial charge in [-0.2, -0.15) is 5.10 Å². The first-order valence-electron chi connectivity index (χ1n) is 4.91. The topological polar surface area (TPSA) is 66.5 Å². The summed E-state index contributed by atoms with van der Waals surface area (Å²) in [5.74, 6) is 0.850. The average molecular weight is 203 g/mol. The number of aromatic amines is 1. The average Bonchev–Trinajstić information content (AvgIpc) is 2.79. The Bertz CT molecular complexity index is 410. The predicted molar refractivity (Wildman–Crippen MR) is 57.3 cm³/mol. The quantitative estimate of drug-likeness (QED) is 0.787. The number of aryl methyl sites for hydroxylation is 1. The van der Waals surface area contributed by atoms with Crippen LogP contribution < -0.4 is 5.32 Å². The molecule has 78 valence electrons. The molecule has 0 fully saturated rings. The standard InChI is InChI=1S/C10H13N5/c1-2-9-3-10(13-7-12-9)11-4-8-5-14-15-6-8/h3,5-7H,2,4H2,1H3,(H,14,15)(H,11,12,13). The summed E-state index contributed by atoms with van der Waals surface area (Å²) in [5, 5.41) is 9.85. The smallest absolute Gasteiger partial charge is 0.129 e. The molecule has 0 bridgehead atoms. The van der Waals surface area contributed by atoms with Crippen molar-refractivity contribution in [3.63, 3.8) is 0 Å². The number of aromatic nitrogens is 4. The van der Waals surface area contributed by atoms with Crippen LogP contribution in [0.3, 0.4) is 0 Å². The summed E-state index contributed by atoms with van der Waals surface area (Å²) < 4.78 is 0. The summed E-state index contributed by atoms with van der Waals surface area (Å²) in [4.78, 5) is 8.27. The van der Waals surface area contributed by atoms with Crippen LogP contribution in [0, 0.1) is 0 Å². The van der Waals surface area contributed by atoms with Crippen LogP contribution in [0.4, 0.5) is 5.82 Å². The molecule has 5 nitrogen and oxygen atoms in total. The summed E-state index contributed by atoms with van der Waals surface area (Å²) in [6.07, 6.45) is 6.14. The highest BCUT2D eigenvalue weighted by atomic mass is 15.1. The van der Waals surface area contributed by atoms with Crippen molar-refractivity contribution in [3.05, 3.63) is 36.0 Å². The lowest BCUT2D eigenvalue weighted by Gasteiger charge is -2.04. The molecule has 0 aromatic carbocycles. The van der Waals surface area contributed by atoms with E-state index in [1.807, 2.05) is 12.3 Å². The zero-order valence-electron chi connectivity index (χ0n) is 8.57. The molecular formula is C10H13N5. The first-order chi connectivity index (χ1) is 7.38. The van der Waals surface area contributed by atoms with Gasteiger partial charge in [-0.1, -0.05) is 6.92 Å². The van der Waals surface area contributed by atoms with E-state index in [1.165, 1.54) is 0 Å². The van der Waals surface area contributed by atoms with Crippen molar-refractivity contribution in [2.45, 2.75) is 19.9 Å². The Morgan fingerprint density at radius 1 is 1.40 bits per heavy atom. The fourth-order valence-electron chi connectivity index (χ4n) is 1.25. The summed E-state index contributed by atoms with van der Waals surface area (Å²) in [5.41, 5.74) is 2.14. The van der Waals surface area contributed by atoms with Gasteiger partial charge < -0.3 is 5.32 Å². The molecule has 0 aliphatic carbocycles. The van der Waals surface area contributed by atoms with Crippen LogP contribution in [0.25, 0.3) is 0 Å². The molecule has 0 spiro atoms. The van der Waals surface area contributed by atoms with Gasteiger partial charge in [-0.05, 0) is 6.42 Å². The number of nitrogens with zero attached hydrogens (tertiary/aromatic N) is 3. The van der Waals surface area contributed by atoms with Crippen molar-refractivity contribution in [3.8, 4) is 0 Å². The highest BCUT2D eigenvalue weighted by Crippen LogP contribution is 2.06. The van der Waals surface area contributed by atoms with Crippen LogP contribution in [0.15, 0.2) is 24.8 Å². The van der Waals surface area contributed by atoms with E-state index in [0.717, 1.165) is 30.0 Å². The van der Waals surface area contributed by atoms with E-state index in [0.29, 0.717) is 0 Å². The zero-order chi connectivity index (χ0) is 10.5. The maximum Gasteiger partial charge on any atom is 0.129 e. The molecule has 5 heteroatoms. The minimum Gasteiger partial charge on any atom is -0.366 e. The number of rotatable bonds is 4. The lowest BCUT2D eigenvalue weighted by Crippen LogP contribution is -2.01. The molecule has 0 amide bonds. The molecule has 15 heavy (non-hydrogen) atoms. The van der Waals surface area contributed by atoms with Gasteiger partial charge in [0, 0.05) is 30.1 Å². The molecule has 2 aromatic heterocycles. The van der Waals surface area contributed by atoms with Crippen molar-refractivity contribution in [2.75, 3.05) is 5.32 Å². The maximum atomic E-state index is 4.13. The fraction of sp³-hybridized carbons (Fsp3) is 0.300. The van der Waals surface area contributed by atoms with Crippen molar-refractivity contribution >= 4 is 5.82 Å². The number of anilines is 1. The van der Waals surface area contributed by atoms with Crippen LogP contribution in [0.1, 0.15) is 18.2 Å². The normalized spacial score (nSPS) is 10.2. The van der Waals surface area contributed by atoms with Crippen LogP contribution >= 0.6 is 0 Å². The minimum absolute atomic E-state index is 0.719. The summed E-state index contributed by atoms with van der Waals surface area (Å²) in [7, 11) is 0. The SMILES string of the molecule is CCc1cc(NCc2cn[nH]c2)ncn1. The predicted octanol–water partition coefficient (Wildman–Crippen LogP) is 1.37. The van der Waals surface area contributed by atoms with Crippen molar-refractivity contribution in [1.82, 2.24) is 20.2 Å². The molecule has 0 saturated heterocycles. The van der Waals surface area contributed by atoms with E-state index in [4.69, 9.17) is 0 Å². The Kier molecular flexibility index (Phi) is 2.92. The third-order valence-corrected chi connectivity index (χ3v) is 2.11. The van der Waals surface area contributed by atoms with Gasteiger partial charge in [-0.15, -0.1) is 0 Å². The number of hydrogen-bond donors (Lipinski definition) is 2. The maximum absolute atomic E-state index is 4.13. The van der Waals surface area contributed by atoms with Crippen molar-refractivity contribution < 1.29 is 0 Å². The van der Waals surface area contributed by atoms with Gasteiger partial charge in [0.2, 0.25) is 0 Å². The number of hydrogen-bond acceptors (Lipinski definition) is 4. The number of nitrogens with one attached hydrogen (secondary N) is 2. The highest BCUT2D eigenvalue weighted by Gasteiger charge is 1.97. The van der Waals surface area contributed by atoms with Crippen LogP contribution in [0.2, 0.25) is 0 Å². The van der Waals surface area contributed by atoms with Gasteiger partial charge in [0.15, 0.2) is 0 Å². The third kappa shape index (κ3) is 2.52. The van der Waals surface area contributed by atoms with Crippen molar-refractivity contribution in [1.29, 1.82) is 0 Å². The van der Waals surface area contributed by atoms with Gasteiger partial charge in [0.1, 0.15) is 12.1 Å². The number of H-pyrrole nitrogens is 1. The molecule has 2 N–H and O–H groups in total. The van der Waals surface area contributed by atoms with Gasteiger partial charge in [-0.3, -0.25) is 5.10 Å². The molecule has 2 aromatic rings. The highest BCUT2D eigenvalue weighted by molar-refractivity contribution is 5.35. The van der Waals surface area contributed by atoms with Gasteiger partial charge in [0.05, 0.1) is 6.20 Å². The monoisotopic (exact) mass is 203 g/mol. The zero-order valence-corrected chi connectivity index (χ0v) is 8.57. The van der Waals surface area contributed by atoms with Crippen molar-refractivity contribution in [2.24, 2.45) is 0 Å². The van der Waals surface area contributed by atoms with E-state index < -0.39 is 0 Å². The lowest BCUT2D eigenvalue weighted by atomic mass is 10.3. The van der Waals surface area contributed by atoms with Gasteiger partial charge >= 0.3 is 0 Å². The first kappa shape index (κ1) is 9.64. The molecule has 0 radical (unpaired) electrons. The van der Waals surface area contributed by atoms with E-state index in [1.54, 1.807) is 12.5 Å². The molecule has 2 rings (SSSR count). The molecule has 0 aliphatic rings. The Morgan fingerprint density at radius 3 is 3.07 bits per heavy atom. The third-order valence-electron chi connectivity index (χ3n) is 2.11. The molecule has 0 atom stereocenters. The fourth-order valence-corrected chi connectivity index (χ4v) is 1.25.